The maximum Gasteiger partial charge on any atom is 0.290 e. The van der Waals surface area contributed by atoms with Crippen LogP contribution in [0.4, 0.5) is 0 Å². The molecule has 1 atom stereocenters. The maximum atomic E-state index is 12.2. The van der Waals surface area contributed by atoms with E-state index < -0.39 is 17.7 Å². The van der Waals surface area contributed by atoms with Crippen LogP contribution in [0.15, 0.2) is 29.5 Å². The number of hydrogen-bond donors (Lipinski definition) is 2. The largest absolute Gasteiger partial charge is 0.506 e. The van der Waals surface area contributed by atoms with Gasteiger partial charge in [0, 0.05) is 13.0 Å². The summed E-state index contributed by atoms with van der Waals surface area (Å²) in [5.74, 6) is -1.39. The highest BCUT2D eigenvalue weighted by atomic mass is 35.5. The molecule has 1 unspecified atom stereocenters. The topological polar surface area (TPSA) is 77.8 Å². The Balaban J connectivity index is 2.56. The lowest BCUT2D eigenvalue weighted by Crippen LogP contribution is -2.31. The van der Waals surface area contributed by atoms with Crippen LogP contribution in [-0.4, -0.2) is 33.3 Å². The summed E-state index contributed by atoms with van der Waals surface area (Å²) in [6.07, 6.45) is 0.879. The molecule has 1 aromatic carbocycles. The van der Waals surface area contributed by atoms with Crippen molar-refractivity contribution in [3.05, 3.63) is 40.1 Å². The van der Waals surface area contributed by atoms with Crippen molar-refractivity contribution in [2.45, 2.75) is 32.7 Å². The summed E-state index contributed by atoms with van der Waals surface area (Å²) in [6, 6.07) is 3.86. The third-order valence-corrected chi connectivity index (χ3v) is 3.98. The minimum absolute atomic E-state index is 0.0756. The van der Waals surface area contributed by atoms with E-state index >= 15 is 0 Å². The van der Waals surface area contributed by atoms with Gasteiger partial charge in [-0.3, -0.25) is 9.59 Å². The Hall–Kier alpha value is -2.01. The summed E-state index contributed by atoms with van der Waals surface area (Å²) in [7, 11) is 0. The summed E-state index contributed by atoms with van der Waals surface area (Å²) in [4.78, 5) is 25.9. The molecule has 0 spiro atoms. The van der Waals surface area contributed by atoms with Gasteiger partial charge in [-0.1, -0.05) is 31.5 Å². The molecule has 1 aliphatic rings. The number of benzene rings is 1. The molecule has 5 nitrogen and oxygen atoms in total. The number of carbonyl (C=O) groups is 2. The molecule has 22 heavy (non-hydrogen) atoms. The standard InChI is InChI=1S/C16H18ClNO4/c1-3-7-18-14(9-5-6-12(20)10(17)8-9)13(11(19)4-2)15(21)16(18)22/h5-6,8,14,20-21H,3-4,7H2,1-2H3. The van der Waals surface area contributed by atoms with E-state index in [1.165, 1.54) is 17.0 Å². The van der Waals surface area contributed by atoms with Gasteiger partial charge < -0.3 is 15.1 Å². The number of aliphatic hydroxyl groups excluding tert-OH is 1. The van der Waals surface area contributed by atoms with Gasteiger partial charge in [0.2, 0.25) is 0 Å². The van der Waals surface area contributed by atoms with Crippen LogP contribution in [0.2, 0.25) is 5.02 Å². The van der Waals surface area contributed by atoms with Crippen molar-refractivity contribution >= 4 is 23.3 Å². The predicted molar refractivity (Wildman–Crippen MR) is 82.8 cm³/mol. The van der Waals surface area contributed by atoms with E-state index in [-0.39, 0.29) is 28.5 Å². The number of hydrogen-bond acceptors (Lipinski definition) is 4. The van der Waals surface area contributed by atoms with Gasteiger partial charge in [-0.2, -0.15) is 0 Å². The Kier molecular flexibility index (Phi) is 4.76. The van der Waals surface area contributed by atoms with Gasteiger partial charge in [-0.25, -0.2) is 0 Å². The molecule has 2 N–H and O–H groups in total. The maximum absolute atomic E-state index is 12.2. The fourth-order valence-corrected chi connectivity index (χ4v) is 2.83. The average Bonchev–Trinajstić information content (AvgIpc) is 2.74. The van der Waals surface area contributed by atoms with Crippen molar-refractivity contribution in [3.8, 4) is 5.75 Å². The molecule has 0 saturated carbocycles. The normalized spacial score (nSPS) is 18.2. The van der Waals surface area contributed by atoms with Gasteiger partial charge in [0.05, 0.1) is 16.6 Å². The fourth-order valence-electron chi connectivity index (χ4n) is 2.64. The number of Topliss-reactive ketones (excluding diaryl/α,β-unsaturated/α-hetero) is 1. The quantitative estimate of drug-likeness (QED) is 0.872. The number of carbonyl (C=O) groups excluding carboxylic acids is 2. The van der Waals surface area contributed by atoms with Crippen molar-refractivity contribution in [2.24, 2.45) is 0 Å². The van der Waals surface area contributed by atoms with E-state index in [0.717, 1.165) is 0 Å². The van der Waals surface area contributed by atoms with Crippen LogP contribution in [0.3, 0.4) is 0 Å². The zero-order valence-electron chi connectivity index (χ0n) is 12.5. The van der Waals surface area contributed by atoms with E-state index in [1.807, 2.05) is 6.92 Å². The number of phenols is 1. The molecule has 6 heteroatoms. The summed E-state index contributed by atoms with van der Waals surface area (Å²) < 4.78 is 0. The smallest absolute Gasteiger partial charge is 0.290 e. The molecule has 118 valence electrons. The zero-order chi connectivity index (χ0) is 16.4. The highest BCUT2D eigenvalue weighted by molar-refractivity contribution is 6.32. The van der Waals surface area contributed by atoms with Crippen LogP contribution in [0, 0.1) is 0 Å². The lowest BCUT2D eigenvalue weighted by molar-refractivity contribution is -0.129. The zero-order valence-corrected chi connectivity index (χ0v) is 13.2. The third kappa shape index (κ3) is 2.68. The first-order valence-corrected chi connectivity index (χ1v) is 7.55. The number of halogens is 1. The molecule has 0 bridgehead atoms. The molecule has 0 aromatic heterocycles. The van der Waals surface area contributed by atoms with Crippen LogP contribution in [0.5, 0.6) is 5.75 Å². The summed E-state index contributed by atoms with van der Waals surface area (Å²) >= 11 is 5.93. The average molecular weight is 324 g/mol. The second kappa shape index (κ2) is 6.40. The van der Waals surface area contributed by atoms with Crippen molar-refractivity contribution in [2.75, 3.05) is 6.54 Å². The molecule has 1 aromatic rings. The first-order chi connectivity index (χ1) is 10.4. The molecular formula is C16H18ClNO4. The molecule has 0 aliphatic carbocycles. The highest BCUT2D eigenvalue weighted by Gasteiger charge is 2.42. The van der Waals surface area contributed by atoms with Crippen molar-refractivity contribution in [1.29, 1.82) is 0 Å². The fraction of sp³-hybridized carbons (Fsp3) is 0.375. The van der Waals surface area contributed by atoms with Crippen molar-refractivity contribution in [3.63, 3.8) is 0 Å². The van der Waals surface area contributed by atoms with Gasteiger partial charge in [0.15, 0.2) is 11.5 Å². The van der Waals surface area contributed by atoms with Crippen molar-refractivity contribution < 1.29 is 19.8 Å². The van der Waals surface area contributed by atoms with Crippen LogP contribution in [0.1, 0.15) is 38.3 Å². The number of rotatable bonds is 5. The summed E-state index contributed by atoms with van der Waals surface area (Å²) in [6.45, 7) is 3.99. The SMILES string of the molecule is CCCN1C(=O)C(O)=C(C(=O)CC)C1c1ccc(O)c(Cl)c1. The van der Waals surface area contributed by atoms with E-state index in [1.54, 1.807) is 13.0 Å². The van der Waals surface area contributed by atoms with Gasteiger partial charge in [-0.05, 0) is 24.1 Å². The van der Waals surface area contributed by atoms with Crippen LogP contribution in [0.25, 0.3) is 0 Å². The molecule has 1 heterocycles. The Morgan fingerprint density at radius 1 is 1.32 bits per heavy atom. The molecule has 0 saturated heterocycles. The van der Waals surface area contributed by atoms with Gasteiger partial charge in [0.25, 0.3) is 5.91 Å². The molecular weight excluding hydrogens is 306 g/mol. The molecule has 0 radical (unpaired) electrons. The first-order valence-electron chi connectivity index (χ1n) is 7.18. The summed E-state index contributed by atoms with van der Waals surface area (Å²) in [5, 5.41) is 19.8. The number of nitrogens with zero attached hydrogens (tertiary/aromatic N) is 1. The van der Waals surface area contributed by atoms with E-state index in [9.17, 15) is 19.8 Å². The summed E-state index contributed by atoms with van der Waals surface area (Å²) in [5.41, 5.74) is 0.688. The molecule has 2 rings (SSSR count). The minimum atomic E-state index is -0.669. The number of phenolic OH excluding ortho intramolecular Hbond substituents is 1. The third-order valence-electron chi connectivity index (χ3n) is 3.68. The molecule has 0 fully saturated rings. The molecule has 1 aliphatic heterocycles. The van der Waals surface area contributed by atoms with Crippen LogP contribution >= 0.6 is 11.6 Å². The minimum Gasteiger partial charge on any atom is -0.506 e. The Labute approximate surface area is 133 Å². The van der Waals surface area contributed by atoms with Crippen LogP contribution in [-0.2, 0) is 9.59 Å². The molecule has 1 amide bonds. The van der Waals surface area contributed by atoms with E-state index in [0.29, 0.717) is 18.5 Å². The number of aliphatic hydroxyl groups is 1. The van der Waals surface area contributed by atoms with Gasteiger partial charge >= 0.3 is 0 Å². The van der Waals surface area contributed by atoms with Gasteiger partial charge in [0.1, 0.15) is 5.75 Å². The lowest BCUT2D eigenvalue weighted by atomic mass is 9.95. The van der Waals surface area contributed by atoms with Crippen LogP contribution < -0.4 is 0 Å². The monoisotopic (exact) mass is 323 g/mol. The highest BCUT2D eigenvalue weighted by Crippen LogP contribution is 2.40. The first kappa shape index (κ1) is 16.4. The van der Waals surface area contributed by atoms with E-state index in [4.69, 9.17) is 11.6 Å². The predicted octanol–water partition coefficient (Wildman–Crippen LogP) is 3.13. The lowest BCUT2D eigenvalue weighted by Gasteiger charge is -2.26. The Bertz CT molecular complexity index is 654. The van der Waals surface area contributed by atoms with Crippen molar-refractivity contribution in [1.82, 2.24) is 4.90 Å². The van der Waals surface area contributed by atoms with E-state index in [2.05, 4.69) is 0 Å². The number of aromatic hydroxyl groups is 1. The Morgan fingerprint density at radius 3 is 2.55 bits per heavy atom. The number of amides is 1. The Morgan fingerprint density at radius 2 is 2.00 bits per heavy atom. The van der Waals surface area contributed by atoms with Gasteiger partial charge in [-0.15, -0.1) is 0 Å². The second-order valence-corrected chi connectivity index (χ2v) is 5.56. The second-order valence-electron chi connectivity index (χ2n) is 5.15. The number of ketones is 1.